The van der Waals surface area contributed by atoms with Crippen LogP contribution in [0.15, 0.2) is 0 Å². The summed E-state index contributed by atoms with van der Waals surface area (Å²) in [6, 6.07) is 0. The third kappa shape index (κ3) is 1.57. The molecular formula is C10H16O3. The molecule has 0 aromatic carbocycles. The average molecular weight is 184 g/mol. The predicted molar refractivity (Wildman–Crippen MR) is 47.0 cm³/mol. The van der Waals surface area contributed by atoms with E-state index in [1.165, 1.54) is 13.3 Å². The summed E-state index contributed by atoms with van der Waals surface area (Å²) < 4.78 is 5.00. The van der Waals surface area contributed by atoms with Crippen LogP contribution in [-0.4, -0.2) is 23.8 Å². The number of ether oxygens (including phenoxy) is 1. The Balaban J connectivity index is 1.90. The number of aliphatic hydroxyl groups is 1. The summed E-state index contributed by atoms with van der Waals surface area (Å²) in [7, 11) is 0. The second kappa shape index (κ2) is 3.29. The maximum atomic E-state index is 10.6. The summed E-state index contributed by atoms with van der Waals surface area (Å²) >= 11 is 0. The Morgan fingerprint density at radius 1 is 1.54 bits per heavy atom. The largest absolute Gasteiger partial charge is 0.466 e. The van der Waals surface area contributed by atoms with E-state index in [9.17, 15) is 9.90 Å². The zero-order valence-electron chi connectivity index (χ0n) is 7.90. The molecule has 2 aliphatic rings. The minimum Gasteiger partial charge on any atom is -0.466 e. The van der Waals surface area contributed by atoms with E-state index in [0.29, 0.717) is 24.4 Å². The predicted octanol–water partition coefficient (Wildman–Crippen LogP) is 0.957. The van der Waals surface area contributed by atoms with E-state index in [-0.39, 0.29) is 12.1 Å². The highest BCUT2D eigenvalue weighted by atomic mass is 16.5. The van der Waals surface area contributed by atoms with E-state index < -0.39 is 0 Å². The zero-order chi connectivity index (χ0) is 9.42. The number of aliphatic hydroxyl groups excluding tert-OH is 1. The van der Waals surface area contributed by atoms with E-state index in [1.807, 2.05) is 0 Å². The van der Waals surface area contributed by atoms with Crippen LogP contribution in [0.25, 0.3) is 0 Å². The second-order valence-corrected chi connectivity index (χ2v) is 4.27. The topological polar surface area (TPSA) is 46.5 Å². The standard InChI is InChI=1S/C10H16O3/c1-6(11)13-5-9-7-2-3-8(9)10(12)4-7/h7-10,12H,2-5H2,1H3/t7-,8-,9-,10+/m1/s1. The Bertz CT molecular complexity index is 214. The normalized spacial score (nSPS) is 42.3. The fourth-order valence-corrected chi connectivity index (χ4v) is 2.91. The number of esters is 1. The van der Waals surface area contributed by atoms with E-state index in [1.54, 1.807) is 0 Å². The first-order chi connectivity index (χ1) is 6.18. The van der Waals surface area contributed by atoms with E-state index >= 15 is 0 Å². The van der Waals surface area contributed by atoms with Gasteiger partial charge in [0.15, 0.2) is 0 Å². The lowest BCUT2D eigenvalue weighted by atomic mass is 9.97. The Morgan fingerprint density at radius 3 is 2.77 bits per heavy atom. The van der Waals surface area contributed by atoms with Crippen LogP contribution in [-0.2, 0) is 9.53 Å². The molecule has 0 aliphatic heterocycles. The van der Waals surface area contributed by atoms with Crippen molar-refractivity contribution < 1.29 is 14.6 Å². The lowest BCUT2D eigenvalue weighted by Crippen LogP contribution is -2.20. The molecule has 0 radical (unpaired) electrons. The number of fused-ring (bicyclic) bond motifs is 2. The van der Waals surface area contributed by atoms with Gasteiger partial charge in [-0.2, -0.15) is 0 Å². The highest BCUT2D eigenvalue weighted by Crippen LogP contribution is 2.49. The summed E-state index contributed by atoms with van der Waals surface area (Å²) in [4.78, 5) is 10.6. The van der Waals surface area contributed by atoms with Crippen LogP contribution in [0.4, 0.5) is 0 Å². The van der Waals surface area contributed by atoms with Gasteiger partial charge in [0.2, 0.25) is 0 Å². The molecule has 2 saturated carbocycles. The lowest BCUT2D eigenvalue weighted by molar-refractivity contribution is -0.142. The molecule has 0 amide bonds. The highest BCUT2D eigenvalue weighted by molar-refractivity contribution is 5.65. The maximum absolute atomic E-state index is 10.6. The Hall–Kier alpha value is -0.570. The van der Waals surface area contributed by atoms with Crippen molar-refractivity contribution in [3.63, 3.8) is 0 Å². The quantitative estimate of drug-likeness (QED) is 0.650. The first-order valence-electron chi connectivity index (χ1n) is 5.00. The van der Waals surface area contributed by atoms with Gasteiger partial charge in [0.05, 0.1) is 12.7 Å². The summed E-state index contributed by atoms with van der Waals surface area (Å²) in [6.45, 7) is 1.95. The van der Waals surface area contributed by atoms with Crippen LogP contribution in [0.3, 0.4) is 0 Å². The van der Waals surface area contributed by atoms with E-state index in [4.69, 9.17) is 4.74 Å². The third-order valence-corrected chi connectivity index (χ3v) is 3.54. The molecule has 2 bridgehead atoms. The van der Waals surface area contributed by atoms with Crippen molar-refractivity contribution in [1.82, 2.24) is 0 Å². The molecule has 3 nitrogen and oxygen atoms in total. The molecule has 0 saturated heterocycles. The number of hydrogen-bond donors (Lipinski definition) is 1. The van der Waals surface area contributed by atoms with Crippen LogP contribution >= 0.6 is 0 Å². The first kappa shape index (κ1) is 9.00. The van der Waals surface area contributed by atoms with Gasteiger partial charge in [-0.3, -0.25) is 4.79 Å². The van der Waals surface area contributed by atoms with Crippen LogP contribution in [0.5, 0.6) is 0 Å². The lowest BCUT2D eigenvalue weighted by Gasteiger charge is -2.16. The van der Waals surface area contributed by atoms with Gasteiger partial charge >= 0.3 is 5.97 Å². The fraction of sp³-hybridized carbons (Fsp3) is 0.900. The molecule has 1 N–H and O–H groups in total. The van der Waals surface area contributed by atoms with Crippen LogP contribution in [0.2, 0.25) is 0 Å². The summed E-state index contributed by atoms with van der Waals surface area (Å²) in [5.74, 6) is 1.21. The second-order valence-electron chi connectivity index (χ2n) is 4.27. The van der Waals surface area contributed by atoms with Gasteiger partial charge in [-0.1, -0.05) is 0 Å². The summed E-state index contributed by atoms with van der Waals surface area (Å²) in [5.41, 5.74) is 0. The van der Waals surface area contributed by atoms with E-state index in [0.717, 1.165) is 12.8 Å². The van der Waals surface area contributed by atoms with Crippen molar-refractivity contribution in [3.8, 4) is 0 Å². The van der Waals surface area contributed by atoms with Gasteiger partial charge < -0.3 is 9.84 Å². The summed E-state index contributed by atoms with van der Waals surface area (Å²) in [6.07, 6.45) is 3.08. The Kier molecular flexibility index (Phi) is 2.28. The molecule has 0 spiro atoms. The van der Waals surface area contributed by atoms with Crippen LogP contribution in [0, 0.1) is 17.8 Å². The molecule has 2 fully saturated rings. The summed E-state index contributed by atoms with van der Waals surface area (Å²) in [5, 5.41) is 9.61. The molecule has 2 aliphatic carbocycles. The van der Waals surface area contributed by atoms with Crippen molar-refractivity contribution >= 4 is 5.97 Å². The van der Waals surface area contributed by atoms with Gasteiger partial charge in [-0.05, 0) is 31.1 Å². The Morgan fingerprint density at radius 2 is 2.31 bits per heavy atom. The monoisotopic (exact) mass is 184 g/mol. The van der Waals surface area contributed by atoms with Gasteiger partial charge in [-0.15, -0.1) is 0 Å². The molecule has 4 atom stereocenters. The first-order valence-corrected chi connectivity index (χ1v) is 5.00. The molecule has 0 heterocycles. The van der Waals surface area contributed by atoms with Gasteiger partial charge in [-0.25, -0.2) is 0 Å². The van der Waals surface area contributed by atoms with Crippen molar-refractivity contribution in [3.05, 3.63) is 0 Å². The number of carbonyl (C=O) groups is 1. The van der Waals surface area contributed by atoms with Crippen molar-refractivity contribution in [1.29, 1.82) is 0 Å². The van der Waals surface area contributed by atoms with Crippen molar-refractivity contribution in [2.45, 2.75) is 32.3 Å². The molecule has 0 aromatic rings. The molecule has 13 heavy (non-hydrogen) atoms. The molecular weight excluding hydrogens is 168 g/mol. The fourth-order valence-electron chi connectivity index (χ4n) is 2.91. The molecule has 2 rings (SSSR count). The van der Waals surface area contributed by atoms with Gasteiger partial charge in [0.1, 0.15) is 0 Å². The SMILES string of the molecule is CC(=O)OC[C@@H]1[C@@H]2CC[C@H]1[C@@H](O)C2. The molecule has 3 heteroatoms. The minimum atomic E-state index is -0.208. The number of hydrogen-bond acceptors (Lipinski definition) is 3. The van der Waals surface area contributed by atoms with Crippen molar-refractivity contribution in [2.24, 2.45) is 17.8 Å². The molecule has 0 aromatic heterocycles. The smallest absolute Gasteiger partial charge is 0.302 e. The zero-order valence-corrected chi connectivity index (χ0v) is 7.90. The van der Waals surface area contributed by atoms with Crippen molar-refractivity contribution in [2.75, 3.05) is 6.61 Å². The number of rotatable bonds is 2. The highest BCUT2D eigenvalue weighted by Gasteiger charge is 2.47. The van der Waals surface area contributed by atoms with Crippen LogP contribution in [0.1, 0.15) is 26.2 Å². The molecule has 0 unspecified atom stereocenters. The Labute approximate surface area is 78.1 Å². The molecule has 74 valence electrons. The van der Waals surface area contributed by atoms with Crippen LogP contribution < -0.4 is 0 Å². The average Bonchev–Trinajstić information content (AvgIpc) is 2.56. The van der Waals surface area contributed by atoms with Gasteiger partial charge in [0, 0.05) is 12.8 Å². The van der Waals surface area contributed by atoms with Gasteiger partial charge in [0.25, 0.3) is 0 Å². The number of carbonyl (C=O) groups excluding carboxylic acids is 1. The van der Waals surface area contributed by atoms with E-state index in [2.05, 4.69) is 0 Å². The third-order valence-electron chi connectivity index (χ3n) is 3.54. The maximum Gasteiger partial charge on any atom is 0.302 e. The minimum absolute atomic E-state index is 0.140.